The molecule has 0 spiro atoms. The predicted molar refractivity (Wildman–Crippen MR) is 84.8 cm³/mol. The number of benzene rings is 2. The number of hydrogen-bond donors (Lipinski definition) is 1. The Balaban J connectivity index is 2.26. The second kappa shape index (κ2) is 6.29. The Bertz CT molecular complexity index is 658. The van der Waals surface area contributed by atoms with Crippen LogP contribution in [0.1, 0.15) is 15.9 Å². The van der Waals surface area contributed by atoms with Crippen LogP contribution < -0.4 is 10.1 Å². The number of aryl methyl sites for hydroxylation is 1. The highest BCUT2D eigenvalue weighted by Crippen LogP contribution is 2.27. The molecule has 0 unspecified atom stereocenters. The minimum atomic E-state index is -0.233. The van der Waals surface area contributed by atoms with Crippen molar-refractivity contribution in [3.8, 4) is 5.75 Å². The molecule has 0 fully saturated rings. The van der Waals surface area contributed by atoms with Gasteiger partial charge in [-0.15, -0.1) is 0 Å². The third-order valence-electron chi connectivity index (χ3n) is 2.85. The highest BCUT2D eigenvalue weighted by atomic mass is 79.9. The zero-order valence-electron chi connectivity index (χ0n) is 11.0. The molecule has 2 aromatic carbocycles. The number of amides is 1. The number of carbonyl (C=O) groups is 1. The van der Waals surface area contributed by atoms with E-state index < -0.39 is 0 Å². The molecule has 2 aromatic rings. The maximum Gasteiger partial charge on any atom is 0.255 e. The van der Waals surface area contributed by atoms with Gasteiger partial charge in [-0.05, 0) is 42.8 Å². The lowest BCUT2D eigenvalue weighted by molar-refractivity contribution is 0.102. The Morgan fingerprint density at radius 2 is 2.00 bits per heavy atom. The van der Waals surface area contributed by atoms with Gasteiger partial charge in [0.25, 0.3) is 5.91 Å². The van der Waals surface area contributed by atoms with Gasteiger partial charge in [0.15, 0.2) is 0 Å². The lowest BCUT2D eigenvalue weighted by Crippen LogP contribution is -2.12. The van der Waals surface area contributed by atoms with Gasteiger partial charge in [-0.25, -0.2) is 0 Å². The molecule has 1 N–H and O–H groups in total. The van der Waals surface area contributed by atoms with E-state index in [0.717, 1.165) is 10.0 Å². The van der Waals surface area contributed by atoms with Crippen molar-refractivity contribution in [1.82, 2.24) is 0 Å². The quantitative estimate of drug-likeness (QED) is 0.869. The van der Waals surface area contributed by atoms with Crippen LogP contribution in [0.2, 0.25) is 5.02 Å². The topological polar surface area (TPSA) is 38.3 Å². The van der Waals surface area contributed by atoms with Crippen LogP contribution in [0.4, 0.5) is 5.69 Å². The second-order valence-corrected chi connectivity index (χ2v) is 5.59. The summed E-state index contributed by atoms with van der Waals surface area (Å²) in [5.41, 5.74) is 2.05. The summed E-state index contributed by atoms with van der Waals surface area (Å²) in [6.45, 7) is 1.92. The number of anilines is 1. The summed E-state index contributed by atoms with van der Waals surface area (Å²) in [5, 5.41) is 3.27. The Hall–Kier alpha value is -1.52. The molecule has 0 radical (unpaired) electrons. The lowest BCUT2D eigenvalue weighted by Gasteiger charge is -2.10. The Kier molecular flexibility index (Phi) is 4.68. The van der Waals surface area contributed by atoms with Crippen molar-refractivity contribution >= 4 is 39.1 Å². The zero-order chi connectivity index (χ0) is 14.7. The molecule has 0 saturated carbocycles. The average molecular weight is 355 g/mol. The third-order valence-corrected chi connectivity index (χ3v) is 3.67. The Labute approximate surface area is 131 Å². The first-order valence-corrected chi connectivity index (χ1v) is 7.09. The van der Waals surface area contributed by atoms with E-state index >= 15 is 0 Å². The zero-order valence-corrected chi connectivity index (χ0v) is 13.4. The molecule has 2 rings (SSSR count). The van der Waals surface area contributed by atoms with Crippen molar-refractivity contribution in [1.29, 1.82) is 0 Å². The second-order valence-electron chi connectivity index (χ2n) is 4.26. The summed E-state index contributed by atoms with van der Waals surface area (Å²) in [6, 6.07) is 10.6. The lowest BCUT2D eigenvalue weighted by atomic mass is 10.1. The van der Waals surface area contributed by atoms with Gasteiger partial charge in [-0.1, -0.05) is 33.6 Å². The van der Waals surface area contributed by atoms with E-state index in [0.29, 0.717) is 22.0 Å². The van der Waals surface area contributed by atoms with Crippen molar-refractivity contribution in [2.24, 2.45) is 0 Å². The number of carbonyl (C=O) groups excluding carboxylic acids is 1. The molecular formula is C15H13BrClNO2. The number of ether oxygens (including phenoxy) is 1. The predicted octanol–water partition coefficient (Wildman–Crippen LogP) is 4.67. The van der Waals surface area contributed by atoms with Crippen LogP contribution in [-0.2, 0) is 0 Å². The van der Waals surface area contributed by atoms with Gasteiger partial charge in [0, 0.05) is 10.0 Å². The normalized spacial score (nSPS) is 10.2. The molecule has 104 valence electrons. The molecule has 5 heteroatoms. The van der Waals surface area contributed by atoms with Gasteiger partial charge in [-0.2, -0.15) is 0 Å². The van der Waals surface area contributed by atoms with Gasteiger partial charge < -0.3 is 10.1 Å². The van der Waals surface area contributed by atoms with E-state index in [1.807, 2.05) is 19.1 Å². The molecule has 0 heterocycles. The first-order valence-electron chi connectivity index (χ1n) is 5.92. The van der Waals surface area contributed by atoms with Gasteiger partial charge in [0.05, 0.1) is 17.8 Å². The maximum atomic E-state index is 12.2. The smallest absolute Gasteiger partial charge is 0.255 e. The molecule has 0 bridgehead atoms. The van der Waals surface area contributed by atoms with Crippen molar-refractivity contribution in [3.63, 3.8) is 0 Å². The van der Waals surface area contributed by atoms with E-state index in [4.69, 9.17) is 16.3 Å². The molecule has 0 atom stereocenters. The summed E-state index contributed by atoms with van der Waals surface area (Å²) < 4.78 is 6.06. The minimum absolute atomic E-state index is 0.233. The highest BCUT2D eigenvalue weighted by molar-refractivity contribution is 9.10. The number of methoxy groups -OCH3 is 1. The summed E-state index contributed by atoms with van der Waals surface area (Å²) in [4.78, 5) is 12.2. The fourth-order valence-corrected chi connectivity index (χ4v) is 2.27. The van der Waals surface area contributed by atoms with Crippen LogP contribution in [0.5, 0.6) is 5.75 Å². The van der Waals surface area contributed by atoms with Gasteiger partial charge in [0.2, 0.25) is 0 Å². The van der Waals surface area contributed by atoms with Gasteiger partial charge >= 0.3 is 0 Å². The number of halogens is 2. The summed E-state index contributed by atoms with van der Waals surface area (Å²) in [7, 11) is 1.58. The molecule has 0 aliphatic heterocycles. The van der Waals surface area contributed by atoms with Crippen LogP contribution in [-0.4, -0.2) is 13.0 Å². The maximum absolute atomic E-state index is 12.2. The molecule has 0 aromatic heterocycles. The van der Waals surface area contributed by atoms with E-state index in [1.165, 1.54) is 0 Å². The first kappa shape index (κ1) is 14.9. The highest BCUT2D eigenvalue weighted by Gasteiger charge is 2.11. The molecule has 0 saturated heterocycles. The van der Waals surface area contributed by atoms with E-state index in [1.54, 1.807) is 31.4 Å². The first-order chi connectivity index (χ1) is 9.51. The van der Waals surface area contributed by atoms with E-state index in [2.05, 4.69) is 21.2 Å². The van der Waals surface area contributed by atoms with Crippen LogP contribution in [0.15, 0.2) is 40.9 Å². The number of hydrogen-bond acceptors (Lipinski definition) is 2. The fraction of sp³-hybridized carbons (Fsp3) is 0.133. The molecule has 3 nitrogen and oxygen atoms in total. The van der Waals surface area contributed by atoms with Crippen LogP contribution in [0.3, 0.4) is 0 Å². The van der Waals surface area contributed by atoms with Crippen LogP contribution >= 0.6 is 27.5 Å². The van der Waals surface area contributed by atoms with E-state index in [-0.39, 0.29) is 5.91 Å². The fourth-order valence-electron chi connectivity index (χ4n) is 1.75. The SMILES string of the molecule is COc1cc(C(=O)Nc2cc(Br)ccc2Cl)ccc1C. The summed E-state index contributed by atoms with van der Waals surface area (Å²) in [5.74, 6) is 0.446. The van der Waals surface area contributed by atoms with Crippen molar-refractivity contribution < 1.29 is 9.53 Å². The largest absolute Gasteiger partial charge is 0.496 e. The summed E-state index contributed by atoms with van der Waals surface area (Å²) in [6.07, 6.45) is 0. The van der Waals surface area contributed by atoms with Crippen molar-refractivity contribution in [2.75, 3.05) is 12.4 Å². The van der Waals surface area contributed by atoms with Gasteiger partial charge in [-0.3, -0.25) is 4.79 Å². The summed E-state index contributed by atoms with van der Waals surface area (Å²) >= 11 is 9.40. The van der Waals surface area contributed by atoms with Gasteiger partial charge in [0.1, 0.15) is 5.75 Å². The number of nitrogens with one attached hydrogen (secondary N) is 1. The average Bonchev–Trinajstić information content (AvgIpc) is 2.43. The molecule has 0 aliphatic rings. The third kappa shape index (κ3) is 3.32. The van der Waals surface area contributed by atoms with Crippen molar-refractivity contribution in [2.45, 2.75) is 6.92 Å². The molecule has 0 aliphatic carbocycles. The molecule has 20 heavy (non-hydrogen) atoms. The Morgan fingerprint density at radius 3 is 2.70 bits per heavy atom. The monoisotopic (exact) mass is 353 g/mol. The minimum Gasteiger partial charge on any atom is -0.496 e. The Morgan fingerprint density at radius 1 is 1.25 bits per heavy atom. The number of rotatable bonds is 3. The van der Waals surface area contributed by atoms with Crippen LogP contribution in [0.25, 0.3) is 0 Å². The van der Waals surface area contributed by atoms with Crippen LogP contribution in [0, 0.1) is 6.92 Å². The standard InChI is InChI=1S/C15H13BrClNO2/c1-9-3-4-10(7-14(9)20-2)15(19)18-13-8-11(16)5-6-12(13)17/h3-8H,1-2H3,(H,18,19). The van der Waals surface area contributed by atoms with Crippen molar-refractivity contribution in [3.05, 3.63) is 57.0 Å². The molecular weight excluding hydrogens is 342 g/mol. The molecule has 1 amide bonds. The van der Waals surface area contributed by atoms with E-state index in [9.17, 15) is 4.79 Å².